The average molecular weight is 271 g/mol. The number of hydrogen-bond acceptors (Lipinski definition) is 4. The van der Waals surface area contributed by atoms with Crippen molar-refractivity contribution < 1.29 is 104 Å². The van der Waals surface area contributed by atoms with Crippen LogP contribution in [-0.4, -0.2) is 0 Å². The van der Waals surface area contributed by atoms with E-state index in [1.165, 1.54) is 0 Å². The van der Waals surface area contributed by atoms with Gasteiger partial charge in [-0.15, -0.1) is 0 Å². The first kappa shape index (κ1) is 29.7. The normalized spacial score (nSPS) is 6.56. The zero-order chi connectivity index (χ0) is 4.50. The third-order valence-corrected chi connectivity index (χ3v) is 0. The van der Waals surface area contributed by atoms with Gasteiger partial charge in [0.1, 0.15) is 0 Å². The largest absolute Gasteiger partial charge is 1.00 e. The first-order valence-electron chi connectivity index (χ1n) is 0.730. The van der Waals surface area contributed by atoms with Gasteiger partial charge in [-0.05, 0) is 0 Å². The molecule has 0 aliphatic heterocycles. The van der Waals surface area contributed by atoms with Crippen molar-refractivity contribution in [2.24, 2.45) is 0 Å². The summed E-state index contributed by atoms with van der Waals surface area (Å²) in [5.41, 5.74) is 0. The molecule has 0 unspecified atom stereocenters. The minimum absolute atomic E-state index is 0. The van der Waals surface area contributed by atoms with Crippen molar-refractivity contribution >= 4 is 7.82 Å². The van der Waals surface area contributed by atoms with Crippen LogP contribution in [0.1, 0.15) is 0 Å². The maximum atomic E-state index is 8.55. The van der Waals surface area contributed by atoms with Gasteiger partial charge in [0.2, 0.25) is 0 Å². The van der Waals surface area contributed by atoms with E-state index < -0.39 is 7.82 Å². The Morgan fingerprint density at radius 3 is 0.889 bits per heavy atom. The molecular weight excluding hydrogens is 271 g/mol. The SMILES string of the molecule is O=P([O-])([O-])[O-].[Na+].[V].[V].[V]. The second-order valence-corrected chi connectivity index (χ2v) is 1.34. The number of phosphoric acid groups is 1. The van der Waals surface area contributed by atoms with Gasteiger partial charge in [-0.3, -0.25) is 0 Å². The number of rotatable bonds is 0. The van der Waals surface area contributed by atoms with Crippen LogP contribution < -0.4 is 44.2 Å². The molecule has 0 aromatic rings. The quantitative estimate of drug-likeness (QED) is 0.324. The van der Waals surface area contributed by atoms with Gasteiger partial charge in [-0.25, -0.2) is 0 Å². The molecule has 0 saturated carbocycles. The van der Waals surface area contributed by atoms with E-state index in [9.17, 15) is 0 Å². The van der Waals surface area contributed by atoms with Gasteiger partial charge < -0.3 is 19.2 Å². The van der Waals surface area contributed by atoms with E-state index in [4.69, 9.17) is 19.2 Å². The molecule has 9 heavy (non-hydrogen) atoms. The van der Waals surface area contributed by atoms with E-state index in [0.29, 0.717) is 0 Å². The summed E-state index contributed by atoms with van der Waals surface area (Å²) in [6.45, 7) is 0. The molecule has 0 N–H and O–H groups in total. The summed E-state index contributed by atoms with van der Waals surface area (Å²) in [5.74, 6) is 0. The monoisotopic (exact) mass is 271 g/mol. The maximum Gasteiger partial charge on any atom is 1.00 e. The first-order valence-corrected chi connectivity index (χ1v) is 2.19. The summed E-state index contributed by atoms with van der Waals surface area (Å²) in [5, 5.41) is 0. The molecule has 3 radical (unpaired) electrons. The summed E-state index contributed by atoms with van der Waals surface area (Å²) in [6.07, 6.45) is 0. The van der Waals surface area contributed by atoms with Crippen LogP contribution in [0.3, 0.4) is 0 Å². The van der Waals surface area contributed by atoms with Crippen molar-refractivity contribution in [1.29, 1.82) is 0 Å². The van der Waals surface area contributed by atoms with Crippen LogP contribution in [0.25, 0.3) is 0 Å². The Morgan fingerprint density at radius 2 is 0.889 bits per heavy atom. The van der Waals surface area contributed by atoms with Crippen LogP contribution in [0, 0.1) is 0 Å². The number of hydrogen-bond donors (Lipinski definition) is 0. The molecular formula is NaO4PV3-2. The second-order valence-electron chi connectivity index (χ2n) is 0.447. The summed E-state index contributed by atoms with van der Waals surface area (Å²) < 4.78 is 8.55. The summed E-state index contributed by atoms with van der Waals surface area (Å²) in [6, 6.07) is 0. The third kappa shape index (κ3) is 104. The molecule has 0 aliphatic carbocycles. The van der Waals surface area contributed by atoms with Gasteiger partial charge in [-0.1, -0.05) is 0 Å². The Bertz CT molecular complexity index is 61.9. The summed E-state index contributed by atoms with van der Waals surface area (Å²) in [4.78, 5) is 25.6. The van der Waals surface area contributed by atoms with Crippen LogP contribution in [-0.2, 0) is 60.2 Å². The Balaban J connectivity index is -0.0000000133. The van der Waals surface area contributed by atoms with Crippen LogP contribution in [0.4, 0.5) is 0 Å². The minimum Gasteiger partial charge on any atom is -0.822 e. The molecule has 0 aromatic carbocycles. The van der Waals surface area contributed by atoms with Gasteiger partial charge >= 0.3 is 29.6 Å². The summed E-state index contributed by atoms with van der Waals surface area (Å²) in [7, 11) is -5.39. The zero-order valence-corrected chi connectivity index (χ0v) is 11.5. The molecule has 0 heterocycles. The van der Waals surface area contributed by atoms with Crippen molar-refractivity contribution in [3.05, 3.63) is 0 Å². The van der Waals surface area contributed by atoms with Crippen molar-refractivity contribution in [2.45, 2.75) is 0 Å². The molecule has 0 amide bonds. The molecule has 0 atom stereocenters. The minimum atomic E-state index is -5.39. The zero-order valence-electron chi connectivity index (χ0n) is 4.42. The average Bonchev–Trinajstić information content (AvgIpc) is 0.722. The Labute approximate surface area is 111 Å². The molecule has 0 spiro atoms. The molecule has 0 saturated heterocycles. The predicted octanol–water partition coefficient (Wildman–Crippen LogP) is -5.83. The van der Waals surface area contributed by atoms with E-state index >= 15 is 0 Å². The van der Waals surface area contributed by atoms with Crippen molar-refractivity contribution in [3.8, 4) is 0 Å². The molecule has 0 rings (SSSR count). The Hall–Kier alpha value is 2.86. The van der Waals surface area contributed by atoms with E-state index in [2.05, 4.69) is 0 Å². The topological polar surface area (TPSA) is 86.2 Å². The van der Waals surface area contributed by atoms with Crippen LogP contribution >= 0.6 is 7.82 Å². The van der Waals surface area contributed by atoms with Crippen LogP contribution in [0.15, 0.2) is 0 Å². The predicted molar refractivity (Wildman–Crippen MR) is 7.61 cm³/mol. The Kier molecular flexibility index (Phi) is 44.4. The standard InChI is InChI=1S/Na.H3O4P.3V/c;1-5(2,3)4;;;/h;(H3,1,2,3,4);;;/q+1;;;;/p-3. The van der Waals surface area contributed by atoms with Gasteiger partial charge in [0.05, 0.1) is 0 Å². The fourth-order valence-electron chi connectivity index (χ4n) is 0. The van der Waals surface area contributed by atoms with E-state index in [1.807, 2.05) is 0 Å². The fraction of sp³-hybridized carbons (Fsp3) is 0. The third-order valence-electron chi connectivity index (χ3n) is 0. The Morgan fingerprint density at radius 1 is 0.889 bits per heavy atom. The van der Waals surface area contributed by atoms with Crippen molar-refractivity contribution in [3.63, 3.8) is 0 Å². The van der Waals surface area contributed by atoms with E-state index in [-0.39, 0.29) is 85.2 Å². The first-order chi connectivity index (χ1) is 2.00. The molecule has 0 bridgehead atoms. The molecule has 9 heteroatoms. The van der Waals surface area contributed by atoms with Gasteiger partial charge in [-0.2, -0.15) is 7.82 Å². The molecule has 0 aliphatic rings. The molecule has 0 aromatic heterocycles. The van der Waals surface area contributed by atoms with Crippen LogP contribution in [0.5, 0.6) is 0 Å². The van der Waals surface area contributed by atoms with Crippen LogP contribution in [0.2, 0.25) is 0 Å². The smallest absolute Gasteiger partial charge is 0.822 e. The maximum absolute atomic E-state index is 8.55. The summed E-state index contributed by atoms with van der Waals surface area (Å²) >= 11 is 0. The van der Waals surface area contributed by atoms with Gasteiger partial charge in [0, 0.05) is 55.7 Å². The van der Waals surface area contributed by atoms with E-state index in [1.54, 1.807) is 0 Å². The van der Waals surface area contributed by atoms with E-state index in [0.717, 1.165) is 0 Å². The van der Waals surface area contributed by atoms with Gasteiger partial charge in [0.25, 0.3) is 0 Å². The van der Waals surface area contributed by atoms with Crippen molar-refractivity contribution in [1.82, 2.24) is 0 Å². The molecule has 4 nitrogen and oxygen atoms in total. The molecule has 47 valence electrons. The fourth-order valence-corrected chi connectivity index (χ4v) is 0. The molecule has 0 fully saturated rings. The van der Waals surface area contributed by atoms with Crippen molar-refractivity contribution in [2.75, 3.05) is 0 Å². The second kappa shape index (κ2) is 13.5. The van der Waals surface area contributed by atoms with Gasteiger partial charge in [0.15, 0.2) is 0 Å².